The number of hydrogen-bond donors (Lipinski definition) is 3. The molecule has 3 rings (SSSR count). The second-order valence-electron chi connectivity index (χ2n) is 6.99. The molecule has 1 amide bonds. The molecular formula is C21H24N2O5S. The minimum atomic E-state index is -0.557. The lowest BCUT2D eigenvalue weighted by molar-refractivity contribution is -0.115. The summed E-state index contributed by atoms with van der Waals surface area (Å²) in [5.74, 6) is -0.757. The van der Waals surface area contributed by atoms with Crippen LogP contribution in [0, 0.1) is 6.92 Å². The maximum absolute atomic E-state index is 12.5. The van der Waals surface area contributed by atoms with Gasteiger partial charge in [-0.3, -0.25) is 9.59 Å². The summed E-state index contributed by atoms with van der Waals surface area (Å²) in [6, 6.07) is 5.49. The Labute approximate surface area is 173 Å². The van der Waals surface area contributed by atoms with Gasteiger partial charge >= 0.3 is 5.97 Å². The number of nitrogens with one attached hydrogen (secondary N) is 2. The van der Waals surface area contributed by atoms with E-state index in [4.69, 9.17) is 4.74 Å². The lowest BCUT2D eigenvalue weighted by Gasteiger charge is -2.12. The summed E-state index contributed by atoms with van der Waals surface area (Å²) in [7, 11) is 0. The van der Waals surface area contributed by atoms with Crippen LogP contribution >= 0.6 is 11.3 Å². The van der Waals surface area contributed by atoms with Crippen molar-refractivity contribution in [2.45, 2.75) is 39.7 Å². The van der Waals surface area contributed by atoms with Crippen molar-refractivity contribution in [3.05, 3.63) is 45.3 Å². The summed E-state index contributed by atoms with van der Waals surface area (Å²) in [6.07, 6.45) is 1.38. The van der Waals surface area contributed by atoms with Gasteiger partial charge in [-0.05, 0) is 56.4 Å². The number of carbonyl (C=O) groups is 3. The Morgan fingerprint density at radius 2 is 2.03 bits per heavy atom. The van der Waals surface area contributed by atoms with Gasteiger partial charge < -0.3 is 20.5 Å². The zero-order valence-electron chi connectivity index (χ0n) is 16.6. The predicted molar refractivity (Wildman–Crippen MR) is 111 cm³/mol. The number of fused-ring (bicyclic) bond motifs is 1. The van der Waals surface area contributed by atoms with Crippen molar-refractivity contribution < 1.29 is 24.2 Å². The fourth-order valence-electron chi connectivity index (χ4n) is 3.57. The third kappa shape index (κ3) is 4.49. The Kier molecular flexibility index (Phi) is 6.34. The average Bonchev–Trinajstić information content (AvgIpc) is 3.22. The van der Waals surface area contributed by atoms with E-state index in [1.54, 1.807) is 19.9 Å². The maximum Gasteiger partial charge on any atom is 0.341 e. The van der Waals surface area contributed by atoms with E-state index in [2.05, 4.69) is 10.6 Å². The molecule has 1 aromatic heterocycles. The van der Waals surface area contributed by atoms with Crippen LogP contribution in [0.2, 0.25) is 0 Å². The molecule has 8 heteroatoms. The lowest BCUT2D eigenvalue weighted by Crippen LogP contribution is -2.36. The molecule has 0 saturated heterocycles. The first-order chi connectivity index (χ1) is 13.8. The summed E-state index contributed by atoms with van der Waals surface area (Å²) in [5, 5.41) is 16.2. The molecule has 3 N–H and O–H groups in total. The molecule has 0 aliphatic heterocycles. The van der Waals surface area contributed by atoms with Crippen molar-refractivity contribution in [3.63, 3.8) is 0 Å². The van der Waals surface area contributed by atoms with Gasteiger partial charge in [0.05, 0.1) is 23.6 Å². The van der Waals surface area contributed by atoms with Gasteiger partial charge in [0.25, 0.3) is 0 Å². The molecule has 0 radical (unpaired) electrons. The minimum absolute atomic E-state index is 0.0476. The second-order valence-corrected chi connectivity index (χ2v) is 8.01. The van der Waals surface area contributed by atoms with Gasteiger partial charge in [-0.2, -0.15) is 0 Å². The Hall–Kier alpha value is -2.71. The van der Waals surface area contributed by atoms with Crippen LogP contribution in [0.4, 0.5) is 5.00 Å². The van der Waals surface area contributed by atoms with Crippen molar-refractivity contribution in [3.8, 4) is 5.75 Å². The fourth-order valence-corrected chi connectivity index (χ4v) is 4.68. The van der Waals surface area contributed by atoms with Gasteiger partial charge in [-0.1, -0.05) is 12.1 Å². The van der Waals surface area contributed by atoms with E-state index < -0.39 is 5.97 Å². The van der Waals surface area contributed by atoms with Crippen molar-refractivity contribution in [1.29, 1.82) is 0 Å². The molecule has 29 heavy (non-hydrogen) atoms. The molecule has 7 nitrogen and oxygen atoms in total. The number of phenols is 1. The molecule has 0 spiro atoms. The Morgan fingerprint density at radius 3 is 2.69 bits per heavy atom. The maximum atomic E-state index is 12.5. The second kappa shape index (κ2) is 8.75. The van der Waals surface area contributed by atoms with E-state index >= 15 is 0 Å². The summed E-state index contributed by atoms with van der Waals surface area (Å²) in [5.41, 5.74) is 2.74. The molecule has 1 unspecified atom stereocenters. The van der Waals surface area contributed by atoms with Crippen LogP contribution in [-0.4, -0.2) is 42.0 Å². The summed E-state index contributed by atoms with van der Waals surface area (Å²) in [4.78, 5) is 37.1. The molecule has 154 valence electrons. The Bertz CT molecular complexity index is 966. The van der Waals surface area contributed by atoms with Crippen LogP contribution in [0.3, 0.4) is 0 Å². The SMILES string of the molecule is CCOC(=O)c1c(NC(=O)CNC2Cc3cccc(O)c3C2)sc(C(C)=O)c1C. The molecule has 0 bridgehead atoms. The predicted octanol–water partition coefficient (Wildman–Crippen LogP) is 2.84. The smallest absolute Gasteiger partial charge is 0.341 e. The van der Waals surface area contributed by atoms with Gasteiger partial charge in [0.2, 0.25) is 5.91 Å². The van der Waals surface area contributed by atoms with E-state index in [0.29, 0.717) is 21.9 Å². The van der Waals surface area contributed by atoms with Crippen LogP contribution in [0.5, 0.6) is 5.75 Å². The number of Topliss-reactive ketones (excluding diaryl/α,β-unsaturated/α-hetero) is 1. The molecular weight excluding hydrogens is 392 g/mol. The number of aromatic hydroxyl groups is 1. The number of thiophene rings is 1. The molecule has 1 aromatic carbocycles. The number of carbonyl (C=O) groups excluding carboxylic acids is 3. The number of ketones is 1. The van der Waals surface area contributed by atoms with Crippen LogP contribution in [0.1, 0.15) is 50.6 Å². The molecule has 1 aliphatic carbocycles. The number of rotatable bonds is 7. The van der Waals surface area contributed by atoms with E-state index in [1.807, 2.05) is 12.1 Å². The van der Waals surface area contributed by atoms with E-state index in [9.17, 15) is 19.5 Å². The van der Waals surface area contributed by atoms with Crippen LogP contribution in [-0.2, 0) is 22.4 Å². The van der Waals surface area contributed by atoms with Gasteiger partial charge in [0, 0.05) is 6.04 Å². The number of benzene rings is 1. The summed E-state index contributed by atoms with van der Waals surface area (Å²) >= 11 is 1.08. The van der Waals surface area contributed by atoms with Crippen molar-refractivity contribution in [2.75, 3.05) is 18.5 Å². The molecule has 1 aliphatic rings. The highest BCUT2D eigenvalue weighted by molar-refractivity contribution is 7.18. The number of anilines is 1. The third-order valence-electron chi connectivity index (χ3n) is 4.92. The minimum Gasteiger partial charge on any atom is -0.508 e. The summed E-state index contributed by atoms with van der Waals surface area (Å²) in [6.45, 7) is 5.05. The quantitative estimate of drug-likeness (QED) is 0.474. The summed E-state index contributed by atoms with van der Waals surface area (Å²) < 4.78 is 5.08. The van der Waals surface area contributed by atoms with E-state index in [-0.39, 0.29) is 42.2 Å². The normalized spacial score (nSPS) is 15.1. The van der Waals surface area contributed by atoms with Crippen LogP contribution in [0.15, 0.2) is 18.2 Å². The average molecular weight is 416 g/mol. The molecule has 2 aromatic rings. The lowest BCUT2D eigenvalue weighted by atomic mass is 10.1. The zero-order valence-corrected chi connectivity index (χ0v) is 17.4. The van der Waals surface area contributed by atoms with Gasteiger partial charge in [0.1, 0.15) is 10.8 Å². The number of ether oxygens (including phenoxy) is 1. The first kappa shape index (κ1) is 21.0. The first-order valence-electron chi connectivity index (χ1n) is 9.46. The highest BCUT2D eigenvalue weighted by Crippen LogP contribution is 2.34. The Morgan fingerprint density at radius 1 is 1.28 bits per heavy atom. The van der Waals surface area contributed by atoms with Crippen LogP contribution < -0.4 is 10.6 Å². The van der Waals surface area contributed by atoms with Crippen molar-refractivity contribution in [1.82, 2.24) is 5.32 Å². The molecule has 1 heterocycles. The fraction of sp³-hybridized carbons (Fsp3) is 0.381. The highest BCUT2D eigenvalue weighted by atomic mass is 32.1. The Balaban J connectivity index is 1.66. The van der Waals surface area contributed by atoms with Gasteiger partial charge in [0.15, 0.2) is 5.78 Å². The number of amides is 1. The first-order valence-corrected chi connectivity index (χ1v) is 10.3. The molecule has 0 fully saturated rings. The highest BCUT2D eigenvalue weighted by Gasteiger charge is 2.26. The molecule has 1 atom stereocenters. The third-order valence-corrected chi connectivity index (χ3v) is 6.22. The van der Waals surface area contributed by atoms with Crippen LogP contribution in [0.25, 0.3) is 0 Å². The van der Waals surface area contributed by atoms with E-state index in [1.165, 1.54) is 6.92 Å². The van der Waals surface area contributed by atoms with Gasteiger partial charge in [-0.15, -0.1) is 11.3 Å². The number of phenolic OH excluding ortho intramolecular Hbond substituents is 1. The van der Waals surface area contributed by atoms with Crippen molar-refractivity contribution >= 4 is 34.0 Å². The number of esters is 1. The monoisotopic (exact) mass is 416 g/mol. The number of hydrogen-bond acceptors (Lipinski definition) is 7. The zero-order chi connectivity index (χ0) is 21.1. The van der Waals surface area contributed by atoms with Gasteiger partial charge in [-0.25, -0.2) is 4.79 Å². The van der Waals surface area contributed by atoms with Crippen molar-refractivity contribution in [2.24, 2.45) is 0 Å². The topological polar surface area (TPSA) is 105 Å². The van der Waals surface area contributed by atoms with E-state index in [0.717, 1.165) is 28.9 Å². The molecule has 0 saturated carbocycles. The largest absolute Gasteiger partial charge is 0.508 e. The standard InChI is InChI=1S/C21H24N2O5S/c1-4-28-21(27)18-11(2)19(12(3)24)29-20(18)23-17(26)10-22-14-8-13-6-5-7-16(25)15(13)9-14/h5-7,14,22,25H,4,8-10H2,1-3H3,(H,23,26).